The van der Waals surface area contributed by atoms with Crippen LogP contribution in [0.3, 0.4) is 0 Å². The van der Waals surface area contributed by atoms with Gasteiger partial charge in [0.15, 0.2) is 0 Å². The maximum Gasteiger partial charge on any atom is 0.239 e. The van der Waals surface area contributed by atoms with Crippen molar-refractivity contribution in [3.05, 3.63) is 35.9 Å². The molecule has 0 saturated carbocycles. The lowest BCUT2D eigenvalue weighted by molar-refractivity contribution is -0.131. The highest BCUT2D eigenvalue weighted by molar-refractivity contribution is 5.85. The minimum atomic E-state index is -0.380. The monoisotopic (exact) mass is 254 g/mol. The third kappa shape index (κ3) is 3.20. The summed E-state index contributed by atoms with van der Waals surface area (Å²) >= 11 is 0. The fourth-order valence-electron chi connectivity index (χ4n) is 2.25. The smallest absolute Gasteiger partial charge is 0.239 e. The minimum absolute atomic E-state index is 0. The van der Waals surface area contributed by atoms with Gasteiger partial charge in [0, 0.05) is 19.0 Å². The Labute approximate surface area is 108 Å². The number of likely N-dealkylation sites (tertiary alicyclic amines) is 1. The number of nitrogens with zero attached hydrogens (tertiary/aromatic N) is 1. The molecule has 0 aliphatic carbocycles. The molecule has 1 fully saturated rings. The summed E-state index contributed by atoms with van der Waals surface area (Å²) in [5.74, 6) is 0.544. The van der Waals surface area contributed by atoms with E-state index in [1.807, 2.05) is 23.1 Å². The second kappa shape index (κ2) is 6.03. The number of halogens is 1. The lowest BCUT2D eigenvalue weighted by Crippen LogP contribution is -2.40. The molecule has 0 bridgehead atoms. The van der Waals surface area contributed by atoms with Gasteiger partial charge >= 0.3 is 0 Å². The second-order valence-electron chi connectivity index (χ2n) is 4.47. The molecule has 1 aromatic carbocycles. The van der Waals surface area contributed by atoms with Gasteiger partial charge in [-0.15, -0.1) is 12.4 Å². The number of amides is 1. The Kier molecular flexibility index (Phi) is 4.97. The number of hydrogen-bond donors (Lipinski definition) is 1. The summed E-state index contributed by atoms with van der Waals surface area (Å²) in [7, 11) is 0. The number of rotatable bonds is 2. The molecule has 2 unspecified atom stereocenters. The van der Waals surface area contributed by atoms with Crippen LogP contribution in [0, 0.1) is 0 Å². The van der Waals surface area contributed by atoms with E-state index in [2.05, 4.69) is 12.1 Å². The van der Waals surface area contributed by atoms with Crippen molar-refractivity contribution in [2.75, 3.05) is 13.1 Å². The first-order valence-corrected chi connectivity index (χ1v) is 5.78. The van der Waals surface area contributed by atoms with Crippen LogP contribution in [0.5, 0.6) is 0 Å². The molecule has 0 spiro atoms. The maximum absolute atomic E-state index is 11.7. The summed E-state index contributed by atoms with van der Waals surface area (Å²) in [6, 6.07) is 9.99. The molecular weight excluding hydrogens is 236 g/mol. The lowest BCUT2D eigenvalue weighted by Gasteiger charge is -2.18. The third-order valence-corrected chi connectivity index (χ3v) is 3.16. The van der Waals surface area contributed by atoms with Crippen LogP contribution in [-0.4, -0.2) is 29.9 Å². The van der Waals surface area contributed by atoms with Crippen molar-refractivity contribution >= 4 is 18.3 Å². The van der Waals surface area contributed by atoms with Crippen molar-refractivity contribution in [2.24, 2.45) is 5.73 Å². The number of carbonyl (C=O) groups excluding carboxylic acids is 1. The van der Waals surface area contributed by atoms with E-state index in [1.54, 1.807) is 6.92 Å². The van der Waals surface area contributed by atoms with Gasteiger partial charge in [0.2, 0.25) is 5.91 Å². The summed E-state index contributed by atoms with van der Waals surface area (Å²) in [5.41, 5.74) is 6.93. The molecular formula is C13H19ClN2O. The minimum Gasteiger partial charge on any atom is -0.341 e. The SMILES string of the molecule is CC(N)C(=O)N1CCC(c2ccccc2)C1.Cl. The predicted molar refractivity (Wildman–Crippen MR) is 71.3 cm³/mol. The Morgan fingerprint density at radius 1 is 1.41 bits per heavy atom. The predicted octanol–water partition coefficient (Wildman–Crippen LogP) is 1.77. The fourth-order valence-corrected chi connectivity index (χ4v) is 2.25. The van der Waals surface area contributed by atoms with E-state index >= 15 is 0 Å². The molecule has 0 radical (unpaired) electrons. The highest BCUT2D eigenvalue weighted by Gasteiger charge is 2.28. The fraction of sp³-hybridized carbons (Fsp3) is 0.462. The number of benzene rings is 1. The topological polar surface area (TPSA) is 46.3 Å². The molecule has 1 aliphatic rings. The van der Waals surface area contributed by atoms with Gasteiger partial charge in [0.1, 0.15) is 0 Å². The molecule has 2 atom stereocenters. The van der Waals surface area contributed by atoms with E-state index in [4.69, 9.17) is 5.73 Å². The van der Waals surface area contributed by atoms with E-state index in [0.29, 0.717) is 5.92 Å². The van der Waals surface area contributed by atoms with Crippen LogP contribution in [0.2, 0.25) is 0 Å². The zero-order valence-corrected chi connectivity index (χ0v) is 10.8. The summed E-state index contributed by atoms with van der Waals surface area (Å²) in [4.78, 5) is 13.6. The first-order valence-electron chi connectivity index (χ1n) is 5.78. The number of nitrogens with two attached hydrogens (primary N) is 1. The Bertz CT molecular complexity index is 367. The van der Waals surface area contributed by atoms with E-state index in [1.165, 1.54) is 5.56 Å². The van der Waals surface area contributed by atoms with Crippen molar-refractivity contribution in [3.8, 4) is 0 Å². The van der Waals surface area contributed by atoms with Crippen molar-refractivity contribution in [3.63, 3.8) is 0 Å². The van der Waals surface area contributed by atoms with Crippen LogP contribution in [0.4, 0.5) is 0 Å². The van der Waals surface area contributed by atoms with Crippen LogP contribution >= 0.6 is 12.4 Å². The molecule has 94 valence electrons. The molecule has 1 aromatic rings. The van der Waals surface area contributed by atoms with Gasteiger partial charge in [-0.2, -0.15) is 0 Å². The van der Waals surface area contributed by atoms with Crippen molar-refractivity contribution in [1.29, 1.82) is 0 Å². The van der Waals surface area contributed by atoms with Crippen LogP contribution in [0.1, 0.15) is 24.8 Å². The van der Waals surface area contributed by atoms with Gasteiger partial charge < -0.3 is 10.6 Å². The molecule has 1 heterocycles. The zero-order chi connectivity index (χ0) is 11.5. The third-order valence-electron chi connectivity index (χ3n) is 3.16. The standard InChI is InChI=1S/C13H18N2O.ClH/c1-10(14)13(16)15-8-7-12(9-15)11-5-3-2-4-6-11;/h2-6,10,12H,7-9,14H2,1H3;1H. The average molecular weight is 255 g/mol. The summed E-state index contributed by atoms with van der Waals surface area (Å²) in [6.45, 7) is 3.39. The Balaban J connectivity index is 0.00000144. The molecule has 2 rings (SSSR count). The van der Waals surface area contributed by atoms with Gasteiger partial charge in [-0.05, 0) is 18.9 Å². The highest BCUT2D eigenvalue weighted by Crippen LogP contribution is 2.26. The lowest BCUT2D eigenvalue weighted by atomic mass is 9.99. The van der Waals surface area contributed by atoms with Gasteiger partial charge in [-0.1, -0.05) is 30.3 Å². The van der Waals surface area contributed by atoms with E-state index in [9.17, 15) is 4.79 Å². The van der Waals surface area contributed by atoms with Crippen molar-refractivity contribution < 1.29 is 4.79 Å². The molecule has 17 heavy (non-hydrogen) atoms. The second-order valence-corrected chi connectivity index (χ2v) is 4.47. The molecule has 4 heteroatoms. The molecule has 1 aliphatic heterocycles. The molecule has 1 saturated heterocycles. The van der Waals surface area contributed by atoms with Crippen molar-refractivity contribution in [1.82, 2.24) is 4.90 Å². The van der Waals surface area contributed by atoms with Crippen LogP contribution < -0.4 is 5.73 Å². The van der Waals surface area contributed by atoms with Crippen LogP contribution in [0.15, 0.2) is 30.3 Å². The average Bonchev–Trinajstić information content (AvgIpc) is 2.78. The maximum atomic E-state index is 11.7. The Hall–Kier alpha value is -1.06. The highest BCUT2D eigenvalue weighted by atomic mass is 35.5. The Morgan fingerprint density at radius 2 is 2.06 bits per heavy atom. The molecule has 1 amide bonds. The van der Waals surface area contributed by atoms with Gasteiger partial charge in [-0.3, -0.25) is 4.79 Å². The van der Waals surface area contributed by atoms with E-state index in [-0.39, 0.29) is 24.4 Å². The van der Waals surface area contributed by atoms with Crippen molar-refractivity contribution in [2.45, 2.75) is 25.3 Å². The Morgan fingerprint density at radius 3 is 2.65 bits per heavy atom. The quantitative estimate of drug-likeness (QED) is 0.875. The van der Waals surface area contributed by atoms with E-state index in [0.717, 1.165) is 19.5 Å². The van der Waals surface area contributed by atoms with Crippen LogP contribution in [0.25, 0.3) is 0 Å². The largest absolute Gasteiger partial charge is 0.341 e. The first-order chi connectivity index (χ1) is 7.68. The molecule has 2 N–H and O–H groups in total. The van der Waals surface area contributed by atoms with E-state index < -0.39 is 0 Å². The summed E-state index contributed by atoms with van der Waals surface area (Å²) < 4.78 is 0. The number of hydrogen-bond acceptors (Lipinski definition) is 2. The zero-order valence-electron chi connectivity index (χ0n) is 10.0. The van der Waals surface area contributed by atoms with Crippen LogP contribution in [-0.2, 0) is 4.79 Å². The first kappa shape index (κ1) is 14.0. The summed E-state index contributed by atoms with van der Waals surface area (Å²) in [6.07, 6.45) is 1.04. The summed E-state index contributed by atoms with van der Waals surface area (Å²) in [5, 5.41) is 0. The van der Waals surface area contributed by atoms with Gasteiger partial charge in [0.05, 0.1) is 6.04 Å². The number of carbonyl (C=O) groups is 1. The van der Waals surface area contributed by atoms with Gasteiger partial charge in [0.25, 0.3) is 0 Å². The van der Waals surface area contributed by atoms with Gasteiger partial charge in [-0.25, -0.2) is 0 Å². The molecule has 3 nitrogen and oxygen atoms in total. The normalized spacial score (nSPS) is 20.8. The molecule has 0 aromatic heterocycles.